The molecular weight excluding hydrogens is 434 g/mol. The molecule has 0 spiro atoms. The van der Waals surface area contributed by atoms with Gasteiger partial charge in [-0.3, -0.25) is 9.79 Å². The van der Waals surface area contributed by atoms with Crippen LogP contribution in [0.5, 0.6) is 0 Å². The van der Waals surface area contributed by atoms with Crippen LogP contribution in [0.4, 0.5) is 11.4 Å². The lowest BCUT2D eigenvalue weighted by Gasteiger charge is -2.19. The Balaban J connectivity index is 1.37. The van der Waals surface area contributed by atoms with E-state index in [4.69, 9.17) is 4.99 Å². The quantitative estimate of drug-likeness (QED) is 0.503. The number of nitrogens with zero attached hydrogens (tertiary/aromatic N) is 3. The fourth-order valence-corrected chi connectivity index (χ4v) is 3.99. The maximum Gasteiger partial charge on any atom is 0.255 e. The third-order valence-corrected chi connectivity index (χ3v) is 5.96. The summed E-state index contributed by atoms with van der Waals surface area (Å²) < 4.78 is 0. The molecule has 1 amide bonds. The Morgan fingerprint density at radius 2 is 1.63 bits per heavy atom. The summed E-state index contributed by atoms with van der Waals surface area (Å²) in [6.45, 7) is 6.47. The fraction of sp³-hybridized carbons (Fsp3) is 0.172. The molecule has 0 radical (unpaired) electrons. The third kappa shape index (κ3) is 4.96. The molecule has 35 heavy (non-hydrogen) atoms. The maximum atomic E-state index is 12.9. The van der Waals surface area contributed by atoms with E-state index in [2.05, 4.69) is 41.4 Å². The molecule has 0 aromatic heterocycles. The summed E-state index contributed by atoms with van der Waals surface area (Å²) >= 11 is 0. The zero-order chi connectivity index (χ0) is 24.4. The average Bonchev–Trinajstić information content (AvgIpc) is 3.34. The second kappa shape index (κ2) is 9.14. The minimum atomic E-state index is -0.187. The molecule has 2 heterocycles. The van der Waals surface area contributed by atoms with Crippen molar-refractivity contribution in [3.8, 4) is 0 Å². The highest BCUT2D eigenvalue weighted by atomic mass is 16.1. The van der Waals surface area contributed by atoms with Gasteiger partial charge < -0.3 is 10.6 Å². The molecule has 5 rings (SSSR count). The van der Waals surface area contributed by atoms with E-state index >= 15 is 0 Å². The summed E-state index contributed by atoms with van der Waals surface area (Å²) in [6.07, 6.45) is 3.56. The summed E-state index contributed by atoms with van der Waals surface area (Å²) in [5.41, 5.74) is 5.94. The van der Waals surface area contributed by atoms with Crippen molar-refractivity contribution in [2.75, 3.05) is 10.6 Å². The van der Waals surface area contributed by atoms with E-state index in [9.17, 15) is 4.79 Å². The molecule has 0 fully saturated rings. The average molecular weight is 462 g/mol. The Kier molecular flexibility index (Phi) is 5.87. The lowest BCUT2D eigenvalue weighted by molar-refractivity contribution is 0.102. The number of amidine groups is 1. The number of para-hydroxylation sites is 1. The van der Waals surface area contributed by atoms with Crippen molar-refractivity contribution in [2.45, 2.75) is 32.2 Å². The molecule has 0 bridgehead atoms. The SMILES string of the molecule is CC(C)(C)c1ccc(C(=O)Nc2cccc(C3=CC4N=CN=C4C(Nc4ccccc4)=N3)c2)cc1. The largest absolute Gasteiger partial charge is 0.339 e. The molecular formula is C29H27N5O. The number of aliphatic imine (C=N–C) groups is 3. The van der Waals surface area contributed by atoms with Gasteiger partial charge in [-0.15, -0.1) is 0 Å². The van der Waals surface area contributed by atoms with E-state index in [1.807, 2.05) is 84.9 Å². The van der Waals surface area contributed by atoms with E-state index in [-0.39, 0.29) is 17.4 Å². The van der Waals surface area contributed by atoms with E-state index < -0.39 is 0 Å². The first-order chi connectivity index (χ1) is 16.9. The zero-order valence-electron chi connectivity index (χ0n) is 20.0. The number of nitrogens with one attached hydrogen (secondary N) is 2. The Hall–Kier alpha value is -4.32. The Morgan fingerprint density at radius 3 is 2.37 bits per heavy atom. The van der Waals surface area contributed by atoms with Gasteiger partial charge in [-0.1, -0.05) is 63.2 Å². The van der Waals surface area contributed by atoms with Crippen molar-refractivity contribution >= 4 is 40.9 Å². The number of anilines is 2. The maximum absolute atomic E-state index is 12.9. The van der Waals surface area contributed by atoms with Crippen molar-refractivity contribution in [3.63, 3.8) is 0 Å². The van der Waals surface area contributed by atoms with Gasteiger partial charge >= 0.3 is 0 Å². The minimum Gasteiger partial charge on any atom is -0.339 e. The smallest absolute Gasteiger partial charge is 0.255 e. The molecule has 0 aliphatic carbocycles. The normalized spacial score (nSPS) is 16.7. The van der Waals surface area contributed by atoms with Crippen LogP contribution < -0.4 is 10.6 Å². The first-order valence-corrected chi connectivity index (χ1v) is 11.6. The van der Waals surface area contributed by atoms with Gasteiger partial charge in [0.05, 0.1) is 5.70 Å². The van der Waals surface area contributed by atoms with Crippen LogP contribution in [0.25, 0.3) is 5.70 Å². The Labute approximate surface area is 205 Å². The van der Waals surface area contributed by atoms with Crippen molar-refractivity contribution in [2.24, 2.45) is 15.0 Å². The van der Waals surface area contributed by atoms with Gasteiger partial charge in [0.15, 0.2) is 5.84 Å². The van der Waals surface area contributed by atoms with Crippen LogP contribution in [0.15, 0.2) is 99.9 Å². The molecule has 174 valence electrons. The number of benzene rings is 3. The molecule has 0 saturated heterocycles. The standard InChI is InChI=1S/C29H27N5O/c1-29(2,3)21-14-12-19(13-15-21)28(35)33-23-11-7-8-20(16-23)24-17-25-26(31-18-30-25)27(34-24)32-22-9-5-4-6-10-22/h4-18,25H,1-3H3,(H,32,34)(H,33,35). The van der Waals surface area contributed by atoms with E-state index in [1.165, 1.54) is 5.56 Å². The van der Waals surface area contributed by atoms with Gasteiger partial charge in [0.25, 0.3) is 5.91 Å². The van der Waals surface area contributed by atoms with Crippen molar-refractivity contribution < 1.29 is 4.79 Å². The van der Waals surface area contributed by atoms with Gasteiger partial charge in [0.2, 0.25) is 0 Å². The monoisotopic (exact) mass is 461 g/mol. The molecule has 3 aromatic carbocycles. The molecule has 6 heteroatoms. The summed E-state index contributed by atoms with van der Waals surface area (Å²) in [6, 6.07) is 25.1. The molecule has 1 unspecified atom stereocenters. The molecule has 2 aliphatic heterocycles. The highest BCUT2D eigenvalue weighted by molar-refractivity contribution is 6.50. The Bertz CT molecular complexity index is 1380. The number of hydrogen-bond donors (Lipinski definition) is 2. The predicted octanol–water partition coefficient (Wildman–Crippen LogP) is 5.95. The first-order valence-electron chi connectivity index (χ1n) is 11.6. The summed E-state index contributed by atoms with van der Waals surface area (Å²) in [5, 5.41) is 6.37. The van der Waals surface area contributed by atoms with Gasteiger partial charge in [-0.2, -0.15) is 0 Å². The van der Waals surface area contributed by atoms with Crippen LogP contribution in [0, 0.1) is 0 Å². The van der Waals surface area contributed by atoms with Crippen LogP contribution >= 0.6 is 0 Å². The van der Waals surface area contributed by atoms with Gasteiger partial charge in [-0.25, -0.2) is 9.98 Å². The zero-order valence-corrected chi connectivity index (χ0v) is 20.0. The summed E-state index contributed by atoms with van der Waals surface area (Å²) in [7, 11) is 0. The van der Waals surface area contributed by atoms with Crippen LogP contribution in [0.2, 0.25) is 0 Å². The van der Waals surface area contributed by atoms with Gasteiger partial charge in [0.1, 0.15) is 18.1 Å². The van der Waals surface area contributed by atoms with E-state index in [0.717, 1.165) is 22.7 Å². The minimum absolute atomic E-state index is 0.0414. The molecule has 1 atom stereocenters. The molecule has 6 nitrogen and oxygen atoms in total. The van der Waals surface area contributed by atoms with E-state index in [1.54, 1.807) is 6.34 Å². The van der Waals surface area contributed by atoms with Crippen molar-refractivity contribution in [1.29, 1.82) is 0 Å². The lowest BCUT2D eigenvalue weighted by Crippen LogP contribution is -2.32. The molecule has 2 aliphatic rings. The number of fused-ring (bicyclic) bond motifs is 1. The number of carbonyl (C=O) groups is 1. The highest BCUT2D eigenvalue weighted by Gasteiger charge is 2.27. The Morgan fingerprint density at radius 1 is 0.886 bits per heavy atom. The summed E-state index contributed by atoms with van der Waals surface area (Å²) in [4.78, 5) is 26.6. The topological polar surface area (TPSA) is 78.2 Å². The number of hydrogen-bond acceptors (Lipinski definition) is 5. The second-order valence-corrected chi connectivity index (χ2v) is 9.59. The van der Waals surface area contributed by atoms with Crippen molar-refractivity contribution in [3.05, 3.63) is 102 Å². The predicted molar refractivity (Wildman–Crippen MR) is 145 cm³/mol. The number of amides is 1. The highest BCUT2D eigenvalue weighted by Crippen LogP contribution is 2.27. The van der Waals surface area contributed by atoms with Crippen LogP contribution in [0.3, 0.4) is 0 Å². The van der Waals surface area contributed by atoms with Gasteiger partial charge in [-0.05, 0) is 53.5 Å². The van der Waals surface area contributed by atoms with Crippen LogP contribution in [-0.4, -0.2) is 29.8 Å². The van der Waals surface area contributed by atoms with Crippen molar-refractivity contribution in [1.82, 2.24) is 0 Å². The van der Waals surface area contributed by atoms with Crippen LogP contribution in [0.1, 0.15) is 42.3 Å². The third-order valence-electron chi connectivity index (χ3n) is 5.96. The molecule has 2 N–H and O–H groups in total. The molecule has 3 aromatic rings. The second-order valence-electron chi connectivity index (χ2n) is 9.59. The number of rotatable bonds is 4. The summed E-state index contributed by atoms with van der Waals surface area (Å²) in [5.74, 6) is 0.523. The van der Waals surface area contributed by atoms with Crippen LogP contribution in [-0.2, 0) is 5.41 Å². The van der Waals surface area contributed by atoms with E-state index in [0.29, 0.717) is 17.1 Å². The lowest BCUT2D eigenvalue weighted by atomic mass is 9.87. The number of carbonyl (C=O) groups excluding carboxylic acids is 1. The molecule has 0 saturated carbocycles. The fourth-order valence-electron chi connectivity index (χ4n) is 3.99. The first kappa shape index (κ1) is 22.5. The van der Waals surface area contributed by atoms with Gasteiger partial charge in [0, 0.05) is 22.5 Å².